The highest BCUT2D eigenvalue weighted by atomic mass is 32.2. The van der Waals surface area contributed by atoms with E-state index in [1.165, 1.54) is 50.2 Å². The van der Waals surface area contributed by atoms with Crippen LogP contribution in [0.4, 0.5) is 11.4 Å². The summed E-state index contributed by atoms with van der Waals surface area (Å²) in [6, 6.07) is 17.9. The highest BCUT2D eigenvalue weighted by Gasteiger charge is 2.21. The molecule has 0 fully saturated rings. The Labute approximate surface area is 214 Å². The third-order valence-corrected chi connectivity index (χ3v) is 7.43. The lowest BCUT2D eigenvalue weighted by Gasteiger charge is -2.16. The molecule has 9 nitrogen and oxygen atoms in total. The van der Waals surface area contributed by atoms with E-state index in [-0.39, 0.29) is 22.3 Å². The summed E-state index contributed by atoms with van der Waals surface area (Å²) < 4.78 is 33.4. The van der Waals surface area contributed by atoms with Crippen LogP contribution in [0.25, 0.3) is 0 Å². The monoisotopic (exact) mass is 529 g/mol. The smallest absolute Gasteiger partial charge is 0.263 e. The second-order valence-electron chi connectivity index (χ2n) is 7.59. The van der Waals surface area contributed by atoms with E-state index in [0.29, 0.717) is 29.3 Å². The van der Waals surface area contributed by atoms with Gasteiger partial charge in [0, 0.05) is 16.3 Å². The second-order valence-corrected chi connectivity index (χ2v) is 10.4. The van der Waals surface area contributed by atoms with E-state index in [1.54, 1.807) is 36.4 Å². The van der Waals surface area contributed by atoms with Gasteiger partial charge in [0.15, 0.2) is 0 Å². The largest absolute Gasteiger partial charge is 0.496 e. The molecule has 4 N–H and O–H groups in total. The number of thioether (sulfide) groups is 1. The molecule has 0 aliphatic heterocycles. The zero-order chi connectivity index (χ0) is 26.3. The number of sulfonamides is 1. The van der Waals surface area contributed by atoms with E-state index in [1.807, 2.05) is 13.0 Å². The van der Waals surface area contributed by atoms with Gasteiger partial charge in [0.1, 0.15) is 17.1 Å². The molecule has 36 heavy (non-hydrogen) atoms. The minimum Gasteiger partial charge on any atom is -0.496 e. The van der Waals surface area contributed by atoms with Crippen LogP contribution in [0.3, 0.4) is 0 Å². The van der Waals surface area contributed by atoms with Gasteiger partial charge >= 0.3 is 0 Å². The van der Waals surface area contributed by atoms with E-state index in [0.717, 1.165) is 4.90 Å². The summed E-state index contributed by atoms with van der Waals surface area (Å²) in [4.78, 5) is 26.6. The lowest BCUT2D eigenvalue weighted by atomic mass is 10.1. The maximum atomic E-state index is 13.0. The molecule has 3 rings (SSSR count). The van der Waals surface area contributed by atoms with Gasteiger partial charge in [0.25, 0.3) is 5.91 Å². The summed E-state index contributed by atoms with van der Waals surface area (Å²) in [5, 5.41) is 10.3. The summed E-state index contributed by atoms with van der Waals surface area (Å²) in [7, 11) is -0.850. The summed E-state index contributed by atoms with van der Waals surface area (Å²) in [6.45, 7) is 1.89. The molecule has 1 atom stereocenters. The van der Waals surface area contributed by atoms with Gasteiger partial charge in [-0.25, -0.2) is 13.6 Å². The number of nitrogens with one attached hydrogen (secondary N) is 2. The standard InChI is InChI=1S/C25H27N3O6S2/c1-4-22(24(29)27-16-11-13-19(14-12-16)36(26,31)32)35-18-8-5-7-17(15-18)28-25(30)23-20(33-2)9-6-10-21(23)34-3/h5-15,22H,4H2,1-3H3,(H,27,29)(H,28,30)(H2,26,31,32). The first kappa shape index (κ1) is 27.1. The van der Waals surface area contributed by atoms with Crippen LogP contribution in [0.2, 0.25) is 0 Å². The van der Waals surface area contributed by atoms with Gasteiger partial charge in [-0.1, -0.05) is 19.1 Å². The van der Waals surface area contributed by atoms with Gasteiger partial charge in [0.05, 0.1) is 24.4 Å². The Morgan fingerprint density at radius 1 is 0.917 bits per heavy atom. The fourth-order valence-corrected chi connectivity index (χ4v) is 4.88. The van der Waals surface area contributed by atoms with Crippen LogP contribution >= 0.6 is 11.8 Å². The molecule has 0 aromatic heterocycles. The number of carbonyl (C=O) groups excluding carboxylic acids is 2. The second kappa shape index (κ2) is 11.9. The fourth-order valence-electron chi connectivity index (χ4n) is 3.35. The Morgan fingerprint density at radius 2 is 1.53 bits per heavy atom. The third-order valence-electron chi connectivity index (χ3n) is 5.14. The van der Waals surface area contributed by atoms with Crippen LogP contribution in [0.5, 0.6) is 11.5 Å². The molecule has 2 amide bonds. The third kappa shape index (κ3) is 6.78. The van der Waals surface area contributed by atoms with Crippen LogP contribution < -0.4 is 25.2 Å². The molecule has 0 aliphatic rings. The SMILES string of the molecule is CCC(Sc1cccc(NC(=O)c2c(OC)cccc2OC)c1)C(=O)Nc1ccc(S(N)(=O)=O)cc1. The highest BCUT2D eigenvalue weighted by molar-refractivity contribution is 8.00. The number of amides is 2. The average molecular weight is 530 g/mol. The molecule has 0 aliphatic carbocycles. The van der Waals surface area contributed by atoms with Crippen molar-refractivity contribution < 1.29 is 27.5 Å². The van der Waals surface area contributed by atoms with Crippen LogP contribution in [0.1, 0.15) is 23.7 Å². The summed E-state index contributed by atoms with van der Waals surface area (Å²) >= 11 is 1.35. The molecule has 0 bridgehead atoms. The Balaban J connectivity index is 1.71. The van der Waals surface area contributed by atoms with Crippen LogP contribution in [-0.4, -0.2) is 39.7 Å². The molecule has 0 radical (unpaired) electrons. The Bertz CT molecular complexity index is 1320. The van der Waals surface area contributed by atoms with Crippen LogP contribution in [0.15, 0.2) is 76.5 Å². The van der Waals surface area contributed by atoms with E-state index in [9.17, 15) is 18.0 Å². The van der Waals surface area contributed by atoms with Crippen molar-refractivity contribution in [2.75, 3.05) is 24.9 Å². The molecule has 3 aromatic rings. The molecular weight excluding hydrogens is 502 g/mol. The van der Waals surface area contributed by atoms with E-state index in [4.69, 9.17) is 14.6 Å². The van der Waals surface area contributed by atoms with E-state index in [2.05, 4.69) is 10.6 Å². The zero-order valence-corrected chi connectivity index (χ0v) is 21.6. The Hall–Kier alpha value is -3.54. The lowest BCUT2D eigenvalue weighted by Crippen LogP contribution is -2.24. The van der Waals surface area contributed by atoms with Gasteiger partial charge in [0.2, 0.25) is 15.9 Å². The predicted octanol–water partition coefficient (Wildman–Crippen LogP) is 4.11. The Morgan fingerprint density at radius 3 is 2.08 bits per heavy atom. The first-order chi connectivity index (χ1) is 17.2. The molecular formula is C25H27N3O6S2. The van der Waals surface area contributed by atoms with E-state index >= 15 is 0 Å². The fraction of sp³-hybridized carbons (Fsp3) is 0.200. The predicted molar refractivity (Wildman–Crippen MR) is 140 cm³/mol. The molecule has 0 saturated carbocycles. The quantitative estimate of drug-likeness (QED) is 0.336. The maximum Gasteiger partial charge on any atom is 0.263 e. The summed E-state index contributed by atoms with van der Waals surface area (Å²) in [5.41, 5.74) is 1.28. The number of hydrogen-bond donors (Lipinski definition) is 3. The molecule has 1 unspecified atom stereocenters. The number of methoxy groups -OCH3 is 2. The summed E-state index contributed by atoms with van der Waals surface area (Å²) in [5.74, 6) is 0.146. The zero-order valence-electron chi connectivity index (χ0n) is 20.0. The number of nitrogens with two attached hydrogens (primary N) is 1. The molecule has 190 valence electrons. The molecule has 11 heteroatoms. The number of hydrogen-bond acceptors (Lipinski definition) is 7. The molecule has 0 spiro atoms. The van der Waals surface area contributed by atoms with Crippen molar-refractivity contribution in [1.82, 2.24) is 0 Å². The number of anilines is 2. The number of rotatable bonds is 10. The number of benzene rings is 3. The van der Waals surface area contributed by atoms with Gasteiger partial charge in [-0.2, -0.15) is 0 Å². The number of ether oxygens (including phenoxy) is 2. The lowest BCUT2D eigenvalue weighted by molar-refractivity contribution is -0.115. The van der Waals surface area contributed by atoms with Gasteiger partial charge in [-0.05, 0) is 61.0 Å². The first-order valence-electron chi connectivity index (χ1n) is 10.9. The molecule has 0 heterocycles. The average Bonchev–Trinajstić information content (AvgIpc) is 2.86. The van der Waals surface area contributed by atoms with Crippen molar-refractivity contribution in [2.24, 2.45) is 5.14 Å². The minimum absolute atomic E-state index is 0.0356. The summed E-state index contributed by atoms with van der Waals surface area (Å²) in [6.07, 6.45) is 0.542. The van der Waals surface area contributed by atoms with Crippen molar-refractivity contribution in [2.45, 2.75) is 28.4 Å². The van der Waals surface area contributed by atoms with Gasteiger partial charge in [-0.3, -0.25) is 9.59 Å². The Kier molecular flexibility index (Phi) is 8.97. The number of carbonyl (C=O) groups is 2. The van der Waals surface area contributed by atoms with E-state index < -0.39 is 15.3 Å². The molecule has 3 aromatic carbocycles. The van der Waals surface area contributed by atoms with Crippen molar-refractivity contribution >= 4 is 45.0 Å². The van der Waals surface area contributed by atoms with Crippen molar-refractivity contribution in [3.05, 3.63) is 72.3 Å². The van der Waals surface area contributed by atoms with Crippen molar-refractivity contribution in [1.29, 1.82) is 0 Å². The maximum absolute atomic E-state index is 13.0. The van der Waals surface area contributed by atoms with Gasteiger partial charge in [-0.15, -0.1) is 11.8 Å². The topological polar surface area (TPSA) is 137 Å². The van der Waals surface area contributed by atoms with Gasteiger partial charge < -0.3 is 20.1 Å². The van der Waals surface area contributed by atoms with Crippen molar-refractivity contribution in [3.63, 3.8) is 0 Å². The highest BCUT2D eigenvalue weighted by Crippen LogP contribution is 2.31. The normalized spacial score (nSPS) is 11.9. The van der Waals surface area contributed by atoms with Crippen LogP contribution in [-0.2, 0) is 14.8 Å². The minimum atomic E-state index is -3.81. The van der Waals surface area contributed by atoms with Crippen molar-refractivity contribution in [3.8, 4) is 11.5 Å². The molecule has 0 saturated heterocycles. The first-order valence-corrected chi connectivity index (χ1v) is 13.3. The number of primary sulfonamides is 1. The van der Waals surface area contributed by atoms with Crippen LogP contribution in [0, 0.1) is 0 Å².